The van der Waals surface area contributed by atoms with Gasteiger partial charge in [0.05, 0.1) is 6.61 Å². The van der Waals surface area contributed by atoms with Crippen LogP contribution >= 0.6 is 0 Å². The molecule has 1 fully saturated rings. The van der Waals surface area contributed by atoms with E-state index in [1.165, 1.54) is 0 Å². The normalized spacial score (nSPS) is 28.8. The standard InChI is InChI=1S/C10H19NO3/c1-7-4-5-11-9(7)10(12)14-8(2)6-13-3/h7-9,11H,4-6H2,1-3H3. The quantitative estimate of drug-likeness (QED) is 0.675. The monoisotopic (exact) mass is 201 g/mol. The molecule has 1 saturated heterocycles. The second-order valence-electron chi connectivity index (χ2n) is 3.90. The molecular formula is C10H19NO3. The van der Waals surface area contributed by atoms with Crippen LogP contribution in [0.2, 0.25) is 0 Å². The van der Waals surface area contributed by atoms with Gasteiger partial charge in [-0.15, -0.1) is 0 Å². The van der Waals surface area contributed by atoms with Gasteiger partial charge in [0.15, 0.2) is 0 Å². The van der Waals surface area contributed by atoms with Gasteiger partial charge in [-0.05, 0) is 25.8 Å². The molecule has 0 spiro atoms. The van der Waals surface area contributed by atoms with E-state index >= 15 is 0 Å². The van der Waals surface area contributed by atoms with Gasteiger partial charge in [-0.2, -0.15) is 0 Å². The molecule has 0 bridgehead atoms. The van der Waals surface area contributed by atoms with Crippen molar-refractivity contribution in [2.75, 3.05) is 20.3 Å². The van der Waals surface area contributed by atoms with Gasteiger partial charge in [0.2, 0.25) is 0 Å². The summed E-state index contributed by atoms with van der Waals surface area (Å²) in [5.74, 6) is 0.219. The van der Waals surface area contributed by atoms with E-state index in [2.05, 4.69) is 12.2 Å². The summed E-state index contributed by atoms with van der Waals surface area (Å²) in [5.41, 5.74) is 0. The van der Waals surface area contributed by atoms with Crippen LogP contribution in [0.4, 0.5) is 0 Å². The first-order chi connectivity index (χ1) is 6.65. The summed E-state index contributed by atoms with van der Waals surface area (Å²) in [6.07, 6.45) is 0.875. The predicted octanol–water partition coefficient (Wildman–Crippen LogP) is 0.562. The molecule has 1 N–H and O–H groups in total. The molecule has 14 heavy (non-hydrogen) atoms. The number of rotatable bonds is 4. The van der Waals surface area contributed by atoms with Crippen LogP contribution in [-0.4, -0.2) is 38.4 Å². The Morgan fingerprint density at radius 1 is 1.64 bits per heavy atom. The van der Waals surface area contributed by atoms with Crippen molar-refractivity contribution in [3.63, 3.8) is 0 Å². The van der Waals surface area contributed by atoms with Crippen LogP contribution in [0.15, 0.2) is 0 Å². The molecular weight excluding hydrogens is 182 g/mol. The van der Waals surface area contributed by atoms with Crippen molar-refractivity contribution in [1.29, 1.82) is 0 Å². The maximum absolute atomic E-state index is 11.6. The Hall–Kier alpha value is -0.610. The van der Waals surface area contributed by atoms with E-state index in [1.54, 1.807) is 7.11 Å². The largest absolute Gasteiger partial charge is 0.459 e. The zero-order valence-corrected chi connectivity index (χ0v) is 9.08. The summed E-state index contributed by atoms with van der Waals surface area (Å²) in [4.78, 5) is 11.6. The molecule has 0 aromatic carbocycles. The average molecular weight is 201 g/mol. The molecule has 1 rings (SSSR count). The average Bonchev–Trinajstić information content (AvgIpc) is 2.51. The summed E-state index contributed by atoms with van der Waals surface area (Å²) in [5, 5.41) is 3.14. The Labute approximate surface area is 85.0 Å². The van der Waals surface area contributed by atoms with Crippen LogP contribution in [0.25, 0.3) is 0 Å². The highest BCUT2D eigenvalue weighted by Crippen LogP contribution is 2.16. The van der Waals surface area contributed by atoms with Gasteiger partial charge < -0.3 is 14.8 Å². The van der Waals surface area contributed by atoms with E-state index in [4.69, 9.17) is 9.47 Å². The van der Waals surface area contributed by atoms with Crippen LogP contribution in [-0.2, 0) is 14.3 Å². The summed E-state index contributed by atoms with van der Waals surface area (Å²) < 4.78 is 10.1. The van der Waals surface area contributed by atoms with E-state index in [1.807, 2.05) is 6.92 Å². The van der Waals surface area contributed by atoms with E-state index in [0.717, 1.165) is 13.0 Å². The van der Waals surface area contributed by atoms with E-state index in [9.17, 15) is 4.79 Å². The highest BCUT2D eigenvalue weighted by molar-refractivity contribution is 5.76. The fraction of sp³-hybridized carbons (Fsp3) is 0.900. The molecule has 0 aromatic rings. The fourth-order valence-corrected chi connectivity index (χ4v) is 1.69. The first-order valence-corrected chi connectivity index (χ1v) is 5.08. The Morgan fingerprint density at radius 2 is 2.36 bits per heavy atom. The third-order valence-electron chi connectivity index (χ3n) is 2.51. The highest BCUT2D eigenvalue weighted by Gasteiger charge is 2.31. The van der Waals surface area contributed by atoms with Gasteiger partial charge >= 0.3 is 5.97 Å². The van der Waals surface area contributed by atoms with Gasteiger partial charge in [0.1, 0.15) is 12.1 Å². The van der Waals surface area contributed by atoms with Crippen molar-refractivity contribution >= 4 is 5.97 Å². The number of esters is 1. The number of nitrogens with one attached hydrogen (secondary N) is 1. The van der Waals surface area contributed by atoms with Gasteiger partial charge in [-0.1, -0.05) is 6.92 Å². The number of hydrogen-bond acceptors (Lipinski definition) is 4. The van der Waals surface area contributed by atoms with Crippen molar-refractivity contribution in [2.45, 2.75) is 32.4 Å². The maximum atomic E-state index is 11.6. The molecule has 0 saturated carbocycles. The van der Waals surface area contributed by atoms with Crippen molar-refractivity contribution < 1.29 is 14.3 Å². The molecule has 3 unspecified atom stereocenters. The molecule has 1 aliphatic heterocycles. The molecule has 4 nitrogen and oxygen atoms in total. The minimum absolute atomic E-state index is 0.130. The molecule has 0 aromatic heterocycles. The lowest BCUT2D eigenvalue weighted by atomic mass is 10.0. The predicted molar refractivity (Wildman–Crippen MR) is 53.0 cm³/mol. The molecule has 82 valence electrons. The van der Waals surface area contributed by atoms with Crippen molar-refractivity contribution in [2.24, 2.45) is 5.92 Å². The minimum Gasteiger partial charge on any atom is -0.459 e. The molecule has 1 aliphatic rings. The van der Waals surface area contributed by atoms with Crippen LogP contribution in [0.5, 0.6) is 0 Å². The lowest BCUT2D eigenvalue weighted by molar-refractivity contribution is -0.153. The zero-order chi connectivity index (χ0) is 10.6. The van der Waals surface area contributed by atoms with E-state index in [-0.39, 0.29) is 18.1 Å². The number of carbonyl (C=O) groups is 1. The lowest BCUT2D eigenvalue weighted by Crippen LogP contribution is -2.38. The SMILES string of the molecule is COCC(C)OC(=O)C1NCCC1C. The Morgan fingerprint density at radius 3 is 2.86 bits per heavy atom. The Kier molecular flexibility index (Phi) is 4.35. The van der Waals surface area contributed by atoms with Crippen molar-refractivity contribution in [3.8, 4) is 0 Å². The Bertz CT molecular complexity index is 196. The van der Waals surface area contributed by atoms with Crippen LogP contribution < -0.4 is 5.32 Å². The number of ether oxygens (including phenoxy) is 2. The molecule has 0 radical (unpaired) electrons. The third-order valence-corrected chi connectivity index (χ3v) is 2.51. The minimum atomic E-state index is -0.165. The van der Waals surface area contributed by atoms with E-state index < -0.39 is 0 Å². The summed E-state index contributed by atoms with van der Waals surface area (Å²) in [7, 11) is 1.60. The van der Waals surface area contributed by atoms with Crippen molar-refractivity contribution in [1.82, 2.24) is 5.32 Å². The van der Waals surface area contributed by atoms with E-state index in [0.29, 0.717) is 12.5 Å². The van der Waals surface area contributed by atoms with Crippen LogP contribution in [0.1, 0.15) is 20.3 Å². The van der Waals surface area contributed by atoms with Gasteiger partial charge in [0.25, 0.3) is 0 Å². The number of carbonyl (C=O) groups excluding carboxylic acids is 1. The second kappa shape index (κ2) is 5.32. The smallest absolute Gasteiger partial charge is 0.323 e. The summed E-state index contributed by atoms with van der Waals surface area (Å²) >= 11 is 0. The molecule has 4 heteroatoms. The fourth-order valence-electron chi connectivity index (χ4n) is 1.69. The van der Waals surface area contributed by atoms with Crippen molar-refractivity contribution in [3.05, 3.63) is 0 Å². The summed E-state index contributed by atoms with van der Waals surface area (Å²) in [6, 6.07) is -0.130. The first kappa shape index (κ1) is 11.5. The second-order valence-corrected chi connectivity index (χ2v) is 3.90. The van der Waals surface area contributed by atoms with Crippen LogP contribution in [0, 0.1) is 5.92 Å². The molecule has 0 aliphatic carbocycles. The molecule has 0 amide bonds. The van der Waals surface area contributed by atoms with Gasteiger partial charge in [-0.25, -0.2) is 0 Å². The third kappa shape index (κ3) is 2.96. The first-order valence-electron chi connectivity index (χ1n) is 5.08. The van der Waals surface area contributed by atoms with Gasteiger partial charge in [-0.3, -0.25) is 4.79 Å². The van der Waals surface area contributed by atoms with Gasteiger partial charge in [0, 0.05) is 7.11 Å². The summed E-state index contributed by atoms with van der Waals surface area (Å²) in [6.45, 7) is 5.25. The molecule has 3 atom stereocenters. The number of hydrogen-bond donors (Lipinski definition) is 1. The highest BCUT2D eigenvalue weighted by atomic mass is 16.6. The number of methoxy groups -OCH3 is 1. The zero-order valence-electron chi connectivity index (χ0n) is 9.08. The van der Waals surface area contributed by atoms with Crippen LogP contribution in [0.3, 0.4) is 0 Å². The topological polar surface area (TPSA) is 47.6 Å². The maximum Gasteiger partial charge on any atom is 0.323 e. The Balaban J connectivity index is 2.33. The molecule has 1 heterocycles. The lowest BCUT2D eigenvalue weighted by Gasteiger charge is -2.18.